The minimum Gasteiger partial charge on any atom is -0.396 e. The topological polar surface area (TPSA) is 68.8 Å². The van der Waals surface area contributed by atoms with E-state index < -0.39 is 0 Å². The number of anilines is 3. The number of nitrogens with zero attached hydrogens (tertiary/aromatic N) is 3. The van der Waals surface area contributed by atoms with Crippen LogP contribution in [0, 0.1) is 0 Å². The summed E-state index contributed by atoms with van der Waals surface area (Å²) >= 11 is 5.78. The largest absolute Gasteiger partial charge is 0.396 e. The lowest BCUT2D eigenvalue weighted by atomic mass is 10.4. The van der Waals surface area contributed by atoms with Crippen LogP contribution in [0.15, 0.2) is 24.5 Å². The highest BCUT2D eigenvalue weighted by atomic mass is 35.5. The van der Waals surface area contributed by atoms with Crippen molar-refractivity contribution >= 4 is 28.9 Å². The van der Waals surface area contributed by atoms with Crippen LogP contribution in [-0.4, -0.2) is 14.8 Å². The molecule has 0 radical (unpaired) electrons. The second-order valence-corrected chi connectivity index (χ2v) is 4.43. The molecule has 0 fully saturated rings. The molecular weight excluding hydrogens is 238 g/mol. The van der Waals surface area contributed by atoms with Gasteiger partial charge in [0.15, 0.2) is 11.6 Å². The zero-order valence-electron chi connectivity index (χ0n) is 9.68. The summed E-state index contributed by atoms with van der Waals surface area (Å²) in [6.07, 6.45) is 3.44. The van der Waals surface area contributed by atoms with E-state index in [4.69, 9.17) is 17.3 Å². The minimum atomic E-state index is 0.320. The van der Waals surface area contributed by atoms with Crippen molar-refractivity contribution in [3.63, 3.8) is 0 Å². The Morgan fingerprint density at radius 3 is 2.82 bits per heavy atom. The molecule has 5 nitrogen and oxygen atoms in total. The van der Waals surface area contributed by atoms with Crippen molar-refractivity contribution in [2.75, 3.05) is 11.1 Å². The van der Waals surface area contributed by atoms with Crippen LogP contribution in [0.1, 0.15) is 19.9 Å². The maximum atomic E-state index is 5.79. The molecular formula is C11H14ClN5. The number of hydrogen-bond donors (Lipinski definition) is 2. The molecule has 2 aromatic heterocycles. The van der Waals surface area contributed by atoms with E-state index in [2.05, 4.69) is 29.2 Å². The van der Waals surface area contributed by atoms with Gasteiger partial charge in [0.1, 0.15) is 0 Å². The van der Waals surface area contributed by atoms with Crippen molar-refractivity contribution in [2.24, 2.45) is 0 Å². The summed E-state index contributed by atoms with van der Waals surface area (Å²) in [5.41, 5.74) is 6.29. The molecule has 2 rings (SSSR count). The highest BCUT2D eigenvalue weighted by Crippen LogP contribution is 2.22. The predicted octanol–water partition coefficient (Wildman–Crippen LogP) is 2.84. The van der Waals surface area contributed by atoms with Crippen LogP contribution in [-0.2, 0) is 0 Å². The second-order valence-electron chi connectivity index (χ2n) is 3.99. The Bertz CT molecular complexity index is 520. The number of nitrogens with two attached hydrogens (primary N) is 1. The van der Waals surface area contributed by atoms with Crippen LogP contribution in [0.4, 0.5) is 17.3 Å². The Labute approximate surface area is 105 Å². The van der Waals surface area contributed by atoms with Gasteiger partial charge in [-0.05, 0) is 19.9 Å². The molecule has 0 bridgehead atoms. The monoisotopic (exact) mass is 251 g/mol. The Balaban J connectivity index is 2.19. The molecule has 0 atom stereocenters. The van der Waals surface area contributed by atoms with E-state index in [9.17, 15) is 0 Å². The number of nitrogens with one attached hydrogen (secondary N) is 1. The first-order chi connectivity index (χ1) is 8.06. The van der Waals surface area contributed by atoms with E-state index >= 15 is 0 Å². The second kappa shape index (κ2) is 4.63. The fraction of sp³-hybridized carbons (Fsp3) is 0.273. The third kappa shape index (κ3) is 2.68. The summed E-state index contributed by atoms with van der Waals surface area (Å²) in [5, 5.41) is 7.91. The smallest absolute Gasteiger partial charge is 0.154 e. The first kappa shape index (κ1) is 11.7. The molecule has 2 heterocycles. The average Bonchev–Trinajstić information content (AvgIpc) is 2.71. The van der Waals surface area contributed by atoms with Crippen LogP contribution in [0.25, 0.3) is 0 Å². The molecule has 0 amide bonds. The van der Waals surface area contributed by atoms with Crippen molar-refractivity contribution in [1.29, 1.82) is 0 Å². The maximum Gasteiger partial charge on any atom is 0.154 e. The van der Waals surface area contributed by atoms with Crippen LogP contribution >= 0.6 is 11.6 Å². The molecule has 0 saturated carbocycles. The fourth-order valence-corrected chi connectivity index (χ4v) is 1.54. The van der Waals surface area contributed by atoms with Gasteiger partial charge in [0, 0.05) is 24.5 Å². The molecule has 0 spiro atoms. The molecule has 0 aliphatic heterocycles. The van der Waals surface area contributed by atoms with Gasteiger partial charge >= 0.3 is 0 Å². The van der Waals surface area contributed by atoms with Crippen LogP contribution in [0.3, 0.4) is 0 Å². The highest BCUT2D eigenvalue weighted by molar-refractivity contribution is 6.30. The molecule has 0 unspecified atom stereocenters. The van der Waals surface area contributed by atoms with Gasteiger partial charge in [-0.25, -0.2) is 4.98 Å². The molecule has 17 heavy (non-hydrogen) atoms. The van der Waals surface area contributed by atoms with E-state index in [1.165, 1.54) is 0 Å². The lowest BCUT2D eigenvalue weighted by Gasteiger charge is -2.06. The van der Waals surface area contributed by atoms with Gasteiger partial charge in [-0.3, -0.25) is 4.68 Å². The van der Waals surface area contributed by atoms with Crippen molar-refractivity contribution in [2.45, 2.75) is 19.9 Å². The molecule has 0 aliphatic carbocycles. The predicted molar refractivity (Wildman–Crippen MR) is 69.6 cm³/mol. The minimum absolute atomic E-state index is 0.320. The van der Waals surface area contributed by atoms with E-state index in [1.807, 2.05) is 16.9 Å². The van der Waals surface area contributed by atoms with E-state index in [0.717, 1.165) is 0 Å². The molecule has 0 aliphatic rings. The van der Waals surface area contributed by atoms with Gasteiger partial charge in [0.2, 0.25) is 0 Å². The van der Waals surface area contributed by atoms with Gasteiger partial charge in [0.05, 0.1) is 10.7 Å². The number of nitrogen functional groups attached to an aromatic ring is 1. The Kier molecular flexibility index (Phi) is 3.19. The zero-order chi connectivity index (χ0) is 12.4. The molecule has 90 valence electrons. The van der Waals surface area contributed by atoms with Gasteiger partial charge in [0.25, 0.3) is 0 Å². The molecule has 2 aromatic rings. The number of rotatable bonds is 3. The summed E-state index contributed by atoms with van der Waals surface area (Å²) in [5.74, 6) is 1.27. The lowest BCUT2D eigenvalue weighted by Crippen LogP contribution is -2.03. The average molecular weight is 252 g/mol. The van der Waals surface area contributed by atoms with E-state index in [-0.39, 0.29) is 0 Å². The molecule has 0 aromatic carbocycles. The first-order valence-corrected chi connectivity index (χ1v) is 5.67. The van der Waals surface area contributed by atoms with E-state index in [0.29, 0.717) is 28.4 Å². The summed E-state index contributed by atoms with van der Waals surface area (Å²) in [7, 11) is 0. The van der Waals surface area contributed by atoms with Crippen LogP contribution < -0.4 is 11.1 Å². The highest BCUT2D eigenvalue weighted by Gasteiger charge is 2.05. The Hall–Kier alpha value is -1.75. The van der Waals surface area contributed by atoms with Gasteiger partial charge in [-0.1, -0.05) is 11.6 Å². The third-order valence-corrected chi connectivity index (χ3v) is 2.47. The Morgan fingerprint density at radius 1 is 1.47 bits per heavy atom. The van der Waals surface area contributed by atoms with Crippen molar-refractivity contribution in [1.82, 2.24) is 14.8 Å². The van der Waals surface area contributed by atoms with E-state index in [1.54, 1.807) is 12.3 Å². The third-order valence-electron chi connectivity index (χ3n) is 2.27. The quantitative estimate of drug-likeness (QED) is 0.880. The van der Waals surface area contributed by atoms with Crippen LogP contribution in [0.5, 0.6) is 0 Å². The number of pyridine rings is 1. The zero-order valence-corrected chi connectivity index (χ0v) is 10.4. The summed E-state index contributed by atoms with van der Waals surface area (Å²) in [6.45, 7) is 4.12. The number of hydrogen-bond acceptors (Lipinski definition) is 4. The molecule has 6 heteroatoms. The standard InChI is InChI=1S/C11H14ClN5/c1-7(2)17-4-3-10(16-17)15-11-9(13)5-8(12)6-14-11/h3-7H,13H2,1-2H3,(H,14,15,16). The Morgan fingerprint density at radius 2 is 2.24 bits per heavy atom. The van der Waals surface area contributed by atoms with Crippen molar-refractivity contribution in [3.8, 4) is 0 Å². The molecule has 3 N–H and O–H groups in total. The number of aromatic nitrogens is 3. The lowest BCUT2D eigenvalue weighted by molar-refractivity contribution is 0.534. The summed E-state index contributed by atoms with van der Waals surface area (Å²) in [6, 6.07) is 3.84. The summed E-state index contributed by atoms with van der Waals surface area (Å²) < 4.78 is 1.86. The normalized spacial score (nSPS) is 10.8. The van der Waals surface area contributed by atoms with Gasteiger partial charge < -0.3 is 11.1 Å². The van der Waals surface area contributed by atoms with Gasteiger partial charge in [-0.15, -0.1) is 0 Å². The fourth-order valence-electron chi connectivity index (χ4n) is 1.37. The number of halogens is 1. The first-order valence-electron chi connectivity index (χ1n) is 5.29. The van der Waals surface area contributed by atoms with Gasteiger partial charge in [-0.2, -0.15) is 5.10 Å². The molecule has 0 saturated heterocycles. The summed E-state index contributed by atoms with van der Waals surface area (Å²) in [4.78, 5) is 4.11. The van der Waals surface area contributed by atoms with Crippen molar-refractivity contribution < 1.29 is 0 Å². The maximum absolute atomic E-state index is 5.79. The van der Waals surface area contributed by atoms with Crippen molar-refractivity contribution in [3.05, 3.63) is 29.5 Å². The SMILES string of the molecule is CC(C)n1ccc(Nc2ncc(Cl)cc2N)n1. The van der Waals surface area contributed by atoms with Crippen LogP contribution in [0.2, 0.25) is 5.02 Å².